The van der Waals surface area contributed by atoms with E-state index in [1.54, 1.807) is 0 Å². The highest BCUT2D eigenvalue weighted by molar-refractivity contribution is 5.97. The Labute approximate surface area is 217 Å². The number of para-hydroxylation sites is 1. The normalized spacial score (nSPS) is 10.9. The Morgan fingerprint density at radius 2 is 1.66 bits per heavy atom. The van der Waals surface area contributed by atoms with Crippen molar-refractivity contribution in [3.63, 3.8) is 0 Å². The van der Waals surface area contributed by atoms with E-state index >= 15 is 0 Å². The summed E-state index contributed by atoms with van der Waals surface area (Å²) in [6.45, 7) is 0.726. The van der Waals surface area contributed by atoms with Gasteiger partial charge in [-0.1, -0.05) is 48.5 Å². The molecule has 0 atom stereocenters. The van der Waals surface area contributed by atoms with Crippen LogP contribution in [0.1, 0.15) is 17.5 Å². The summed E-state index contributed by atoms with van der Waals surface area (Å²) in [5, 5.41) is 11.9. The maximum atomic E-state index is 13.7. The zero-order chi connectivity index (χ0) is 27.2. The summed E-state index contributed by atoms with van der Waals surface area (Å²) < 4.78 is 8.72. The molecule has 4 rings (SSSR count). The summed E-state index contributed by atoms with van der Waals surface area (Å²) in [7, 11) is 1.20. The van der Waals surface area contributed by atoms with E-state index in [0.29, 0.717) is 29.2 Å². The number of hydrogen-bond acceptors (Lipinski definition) is 6. The number of rotatable bonds is 10. The first-order valence-electron chi connectivity index (χ1n) is 11.9. The van der Waals surface area contributed by atoms with Crippen molar-refractivity contribution in [2.45, 2.75) is 25.9 Å². The third kappa shape index (κ3) is 5.56. The van der Waals surface area contributed by atoms with Crippen molar-refractivity contribution in [2.75, 3.05) is 13.7 Å². The molecule has 1 aromatic heterocycles. The molecule has 0 saturated carbocycles. The second kappa shape index (κ2) is 11.4. The number of benzene rings is 3. The zero-order valence-electron chi connectivity index (χ0n) is 20.8. The van der Waals surface area contributed by atoms with E-state index < -0.39 is 23.3 Å². The number of nitro groups is 1. The number of amides is 3. The van der Waals surface area contributed by atoms with Crippen LogP contribution in [0.3, 0.4) is 0 Å². The Morgan fingerprint density at radius 3 is 2.29 bits per heavy atom. The third-order valence-electron chi connectivity index (χ3n) is 6.21. The standard InChI is InChI=1S/C27H27N5O6/c1-29(26(28)34)24(33)17-21-22(32(36)37)13-14-23-25(21)30(15-8-16-38-20-11-6-3-7-12-20)27(35)31(23)18-19-9-4-2-5-10-19/h2-7,9-14H,8,15-18H2,1H3,(H2,28,34). The van der Waals surface area contributed by atoms with Gasteiger partial charge in [0.1, 0.15) is 5.75 Å². The largest absolute Gasteiger partial charge is 0.494 e. The van der Waals surface area contributed by atoms with E-state index in [4.69, 9.17) is 10.5 Å². The zero-order valence-corrected chi connectivity index (χ0v) is 20.8. The SMILES string of the molecule is CN(C(N)=O)C(=O)Cc1c([N+](=O)[O-])ccc2c1n(CCCOc1ccccc1)c(=O)n2Cc1ccccc1. The molecule has 0 radical (unpaired) electrons. The predicted molar refractivity (Wildman–Crippen MR) is 141 cm³/mol. The molecular formula is C27H27N5O6. The lowest BCUT2D eigenvalue weighted by Gasteiger charge is -2.14. The number of likely N-dealkylation sites (N-methyl/N-ethyl adjacent to an activating group) is 1. The van der Waals surface area contributed by atoms with Crippen LogP contribution in [0.15, 0.2) is 77.6 Å². The van der Waals surface area contributed by atoms with E-state index in [2.05, 4.69) is 0 Å². The van der Waals surface area contributed by atoms with Gasteiger partial charge in [0, 0.05) is 19.7 Å². The van der Waals surface area contributed by atoms with Crippen LogP contribution >= 0.6 is 0 Å². The molecule has 0 aliphatic rings. The van der Waals surface area contributed by atoms with Crippen LogP contribution in [-0.2, 0) is 24.3 Å². The molecule has 196 valence electrons. The number of nitrogens with two attached hydrogens (primary N) is 1. The molecule has 4 aromatic rings. The first-order chi connectivity index (χ1) is 18.3. The molecule has 0 aliphatic carbocycles. The van der Waals surface area contributed by atoms with Crippen LogP contribution in [-0.4, -0.2) is 44.6 Å². The number of primary amides is 1. The van der Waals surface area contributed by atoms with Crippen molar-refractivity contribution < 1.29 is 19.2 Å². The fourth-order valence-corrected chi connectivity index (χ4v) is 4.27. The van der Waals surface area contributed by atoms with Gasteiger partial charge in [0.15, 0.2) is 0 Å². The van der Waals surface area contributed by atoms with Gasteiger partial charge in [-0.15, -0.1) is 0 Å². The Bertz CT molecular complexity index is 1530. The summed E-state index contributed by atoms with van der Waals surface area (Å²) in [4.78, 5) is 50.0. The van der Waals surface area contributed by atoms with E-state index in [1.807, 2.05) is 60.7 Å². The highest BCUT2D eigenvalue weighted by atomic mass is 16.6. The van der Waals surface area contributed by atoms with Gasteiger partial charge in [-0.25, -0.2) is 9.59 Å². The van der Waals surface area contributed by atoms with Gasteiger partial charge < -0.3 is 10.5 Å². The minimum absolute atomic E-state index is 0.0403. The second-order valence-electron chi connectivity index (χ2n) is 8.68. The van der Waals surface area contributed by atoms with Crippen molar-refractivity contribution in [2.24, 2.45) is 5.73 Å². The molecule has 0 spiro atoms. The Morgan fingerprint density at radius 1 is 1.00 bits per heavy atom. The van der Waals surface area contributed by atoms with Crippen LogP contribution in [0, 0.1) is 10.1 Å². The monoisotopic (exact) mass is 517 g/mol. The maximum absolute atomic E-state index is 13.7. The molecule has 3 aromatic carbocycles. The summed E-state index contributed by atoms with van der Waals surface area (Å²) >= 11 is 0. The summed E-state index contributed by atoms with van der Waals surface area (Å²) in [5.41, 5.74) is 6.15. The summed E-state index contributed by atoms with van der Waals surface area (Å²) in [6, 6.07) is 20.4. The average molecular weight is 518 g/mol. The van der Waals surface area contributed by atoms with Gasteiger partial charge in [-0.3, -0.25) is 28.9 Å². The van der Waals surface area contributed by atoms with Crippen LogP contribution in [0.4, 0.5) is 10.5 Å². The number of carbonyl (C=O) groups excluding carboxylic acids is 2. The molecule has 0 aliphatic heterocycles. The average Bonchev–Trinajstić information content (AvgIpc) is 3.18. The molecule has 11 heteroatoms. The maximum Gasteiger partial charge on any atom is 0.329 e. The number of fused-ring (bicyclic) bond motifs is 1. The van der Waals surface area contributed by atoms with Crippen LogP contribution < -0.4 is 16.2 Å². The number of nitrogens with zero attached hydrogens (tertiary/aromatic N) is 4. The molecule has 38 heavy (non-hydrogen) atoms. The summed E-state index contributed by atoms with van der Waals surface area (Å²) in [5.74, 6) is -0.0434. The second-order valence-corrected chi connectivity index (χ2v) is 8.68. The summed E-state index contributed by atoms with van der Waals surface area (Å²) in [6.07, 6.45) is -0.0566. The third-order valence-corrected chi connectivity index (χ3v) is 6.21. The van der Waals surface area contributed by atoms with Gasteiger partial charge in [0.2, 0.25) is 5.91 Å². The molecule has 0 fully saturated rings. The fourth-order valence-electron chi connectivity index (χ4n) is 4.27. The highest BCUT2D eigenvalue weighted by Crippen LogP contribution is 2.29. The Kier molecular flexibility index (Phi) is 7.86. The van der Waals surface area contributed by atoms with Gasteiger partial charge >= 0.3 is 11.7 Å². The van der Waals surface area contributed by atoms with Crippen molar-refractivity contribution in [3.05, 3.63) is 105 Å². The number of imide groups is 1. The number of ether oxygens (including phenoxy) is 1. The number of carbonyl (C=O) groups is 2. The van der Waals surface area contributed by atoms with Crippen LogP contribution in [0.5, 0.6) is 5.75 Å². The number of hydrogen-bond donors (Lipinski definition) is 1. The van der Waals surface area contributed by atoms with Crippen LogP contribution in [0.2, 0.25) is 0 Å². The predicted octanol–water partition coefficient (Wildman–Crippen LogP) is 3.31. The molecule has 1 heterocycles. The lowest BCUT2D eigenvalue weighted by molar-refractivity contribution is -0.385. The quantitative estimate of drug-likeness (QED) is 0.194. The molecule has 0 bridgehead atoms. The molecule has 2 N–H and O–H groups in total. The number of aryl methyl sites for hydroxylation is 1. The van der Waals surface area contributed by atoms with Crippen molar-refractivity contribution in [1.29, 1.82) is 0 Å². The van der Waals surface area contributed by atoms with E-state index in [9.17, 15) is 24.5 Å². The lowest BCUT2D eigenvalue weighted by Crippen LogP contribution is -2.38. The molecule has 0 unspecified atom stereocenters. The van der Waals surface area contributed by atoms with Gasteiger partial charge in [0.25, 0.3) is 5.69 Å². The first-order valence-corrected chi connectivity index (χ1v) is 11.9. The number of nitro benzene ring substituents is 1. The van der Waals surface area contributed by atoms with E-state index in [1.165, 1.54) is 28.3 Å². The van der Waals surface area contributed by atoms with E-state index in [-0.39, 0.29) is 35.5 Å². The fraction of sp³-hybridized carbons (Fsp3) is 0.222. The number of urea groups is 1. The number of aromatic nitrogens is 2. The highest BCUT2D eigenvalue weighted by Gasteiger charge is 2.27. The molecule has 0 saturated heterocycles. The van der Waals surface area contributed by atoms with Crippen LogP contribution in [0.25, 0.3) is 11.0 Å². The Hall–Kier alpha value is -4.93. The minimum Gasteiger partial charge on any atom is -0.494 e. The number of imidazole rings is 1. The topological polar surface area (TPSA) is 143 Å². The molecule has 11 nitrogen and oxygen atoms in total. The molecular weight excluding hydrogens is 490 g/mol. The van der Waals surface area contributed by atoms with Gasteiger partial charge in [0.05, 0.1) is 41.1 Å². The van der Waals surface area contributed by atoms with Crippen molar-refractivity contribution >= 4 is 28.7 Å². The minimum atomic E-state index is -0.984. The van der Waals surface area contributed by atoms with Gasteiger partial charge in [-0.05, 0) is 30.2 Å². The van der Waals surface area contributed by atoms with Gasteiger partial charge in [-0.2, -0.15) is 0 Å². The first kappa shape index (κ1) is 26.1. The van der Waals surface area contributed by atoms with Crippen molar-refractivity contribution in [1.82, 2.24) is 14.0 Å². The van der Waals surface area contributed by atoms with Crippen molar-refractivity contribution in [3.8, 4) is 5.75 Å². The smallest absolute Gasteiger partial charge is 0.329 e. The Balaban J connectivity index is 1.79. The lowest BCUT2D eigenvalue weighted by atomic mass is 10.1. The van der Waals surface area contributed by atoms with E-state index in [0.717, 1.165) is 5.56 Å². The molecule has 3 amide bonds.